The van der Waals surface area contributed by atoms with Crippen LogP contribution < -0.4 is 16.9 Å². The first kappa shape index (κ1) is 17.7. The Bertz CT molecular complexity index is 455. The quantitative estimate of drug-likeness (QED) is 0.164. The summed E-state index contributed by atoms with van der Waals surface area (Å²) in [6, 6.07) is -0.298. The Kier molecular flexibility index (Phi) is 6.38. The monoisotopic (exact) mass is 324 g/mol. The predicted molar refractivity (Wildman–Crippen MR) is 87.4 cm³/mol. The SMILES string of the molecule is CC(C=O)OC(=O)C1CC2CC(CC/C(N)=N/N)CCC2CN1. The first-order valence-corrected chi connectivity index (χ1v) is 8.44. The van der Waals surface area contributed by atoms with Crippen molar-refractivity contribution in [3.05, 3.63) is 0 Å². The maximum Gasteiger partial charge on any atom is 0.323 e. The first-order chi connectivity index (χ1) is 11.0. The van der Waals surface area contributed by atoms with Crippen LogP contribution in [0, 0.1) is 17.8 Å². The van der Waals surface area contributed by atoms with Crippen molar-refractivity contribution < 1.29 is 14.3 Å². The molecule has 0 aromatic carbocycles. The summed E-state index contributed by atoms with van der Waals surface area (Å²) in [4.78, 5) is 22.7. The van der Waals surface area contributed by atoms with Crippen LogP contribution in [0.1, 0.15) is 45.4 Å². The molecular formula is C16H28N4O3. The fourth-order valence-electron chi connectivity index (χ4n) is 3.81. The molecule has 0 radical (unpaired) electrons. The molecule has 5 unspecified atom stereocenters. The highest BCUT2D eigenvalue weighted by Crippen LogP contribution is 2.40. The van der Waals surface area contributed by atoms with E-state index in [9.17, 15) is 9.59 Å². The molecule has 0 spiro atoms. The number of amidine groups is 1. The van der Waals surface area contributed by atoms with Gasteiger partial charge in [-0.25, -0.2) is 0 Å². The van der Waals surface area contributed by atoms with Gasteiger partial charge < -0.3 is 21.6 Å². The number of rotatable bonds is 6. The van der Waals surface area contributed by atoms with E-state index in [4.69, 9.17) is 16.3 Å². The van der Waals surface area contributed by atoms with E-state index in [-0.39, 0.29) is 12.0 Å². The van der Waals surface area contributed by atoms with Gasteiger partial charge in [-0.15, -0.1) is 0 Å². The minimum atomic E-state index is -0.681. The summed E-state index contributed by atoms with van der Waals surface area (Å²) in [7, 11) is 0. The van der Waals surface area contributed by atoms with E-state index in [1.54, 1.807) is 6.92 Å². The molecule has 2 fully saturated rings. The van der Waals surface area contributed by atoms with Gasteiger partial charge >= 0.3 is 5.97 Å². The zero-order chi connectivity index (χ0) is 16.8. The Morgan fingerprint density at radius 2 is 2.17 bits per heavy atom. The number of hydrogen-bond acceptors (Lipinski definition) is 6. The second-order valence-corrected chi connectivity index (χ2v) is 6.83. The molecule has 1 saturated heterocycles. The molecule has 2 aliphatic rings. The van der Waals surface area contributed by atoms with Crippen LogP contribution in [0.3, 0.4) is 0 Å². The molecule has 0 aromatic rings. The largest absolute Gasteiger partial charge is 0.454 e. The molecule has 7 nitrogen and oxygen atoms in total. The third kappa shape index (κ3) is 4.92. The third-order valence-electron chi connectivity index (χ3n) is 5.17. The molecule has 0 aromatic heterocycles. The number of fused-ring (bicyclic) bond motifs is 1. The van der Waals surface area contributed by atoms with Crippen LogP contribution in [0.5, 0.6) is 0 Å². The Labute approximate surface area is 137 Å². The highest BCUT2D eigenvalue weighted by atomic mass is 16.5. The molecule has 0 bridgehead atoms. The van der Waals surface area contributed by atoms with Crippen molar-refractivity contribution in [3.8, 4) is 0 Å². The van der Waals surface area contributed by atoms with Crippen molar-refractivity contribution in [2.24, 2.45) is 34.4 Å². The van der Waals surface area contributed by atoms with Crippen molar-refractivity contribution >= 4 is 18.1 Å². The number of carbonyl (C=O) groups excluding carboxylic acids is 2. The molecular weight excluding hydrogens is 296 g/mol. The summed E-state index contributed by atoms with van der Waals surface area (Å²) in [5.41, 5.74) is 5.67. The Morgan fingerprint density at radius 3 is 2.87 bits per heavy atom. The molecule has 1 aliphatic heterocycles. The number of carbonyl (C=O) groups is 2. The molecule has 1 aliphatic carbocycles. The molecule has 1 saturated carbocycles. The lowest BCUT2D eigenvalue weighted by Gasteiger charge is -2.42. The smallest absolute Gasteiger partial charge is 0.323 e. The lowest BCUT2D eigenvalue weighted by atomic mass is 9.69. The standard InChI is InChI=1S/C16H28N4O3/c1-10(9-21)23-16(22)14-7-13-6-11(3-5-15(17)20-18)2-4-12(13)8-19-14/h9-14,19H,2-8,18H2,1H3,(H2,17,20). The second-order valence-electron chi connectivity index (χ2n) is 6.83. The van der Waals surface area contributed by atoms with Crippen LogP contribution in [0.4, 0.5) is 0 Å². The lowest BCUT2D eigenvalue weighted by Crippen LogP contribution is -2.50. The summed E-state index contributed by atoms with van der Waals surface area (Å²) in [6.45, 7) is 2.43. The number of aldehydes is 1. The number of nitrogens with zero attached hydrogens (tertiary/aromatic N) is 1. The average Bonchev–Trinajstić information content (AvgIpc) is 2.58. The van der Waals surface area contributed by atoms with E-state index in [2.05, 4.69) is 10.4 Å². The van der Waals surface area contributed by atoms with Crippen molar-refractivity contribution in [3.63, 3.8) is 0 Å². The van der Waals surface area contributed by atoms with Gasteiger partial charge in [-0.3, -0.25) is 9.59 Å². The van der Waals surface area contributed by atoms with Crippen LogP contribution in [0.15, 0.2) is 5.10 Å². The normalized spacial score (nSPS) is 32.7. The zero-order valence-corrected chi connectivity index (χ0v) is 13.7. The van der Waals surface area contributed by atoms with Crippen LogP contribution >= 0.6 is 0 Å². The number of hydrogen-bond donors (Lipinski definition) is 3. The van der Waals surface area contributed by atoms with Crippen LogP contribution in [0.2, 0.25) is 0 Å². The Hall–Kier alpha value is -1.63. The van der Waals surface area contributed by atoms with Gasteiger partial charge in [0.2, 0.25) is 0 Å². The van der Waals surface area contributed by atoms with E-state index in [1.807, 2.05) is 0 Å². The highest BCUT2D eigenvalue weighted by molar-refractivity contribution is 5.79. The number of nitrogens with two attached hydrogens (primary N) is 2. The highest BCUT2D eigenvalue weighted by Gasteiger charge is 2.38. The third-order valence-corrected chi connectivity index (χ3v) is 5.17. The van der Waals surface area contributed by atoms with Crippen molar-refractivity contribution in [2.75, 3.05) is 6.54 Å². The lowest BCUT2D eigenvalue weighted by molar-refractivity contribution is -0.154. The Morgan fingerprint density at radius 1 is 1.39 bits per heavy atom. The summed E-state index contributed by atoms with van der Waals surface area (Å²) in [5, 5.41) is 6.80. The number of ether oxygens (including phenoxy) is 1. The van der Waals surface area contributed by atoms with Gasteiger partial charge in [0.25, 0.3) is 0 Å². The molecule has 130 valence electrons. The topological polar surface area (TPSA) is 120 Å². The van der Waals surface area contributed by atoms with Crippen LogP contribution in [-0.4, -0.2) is 36.8 Å². The maximum atomic E-state index is 12.1. The molecule has 0 amide bonds. The summed E-state index contributed by atoms with van der Waals surface area (Å²) in [6.07, 6.45) is 5.96. The van der Waals surface area contributed by atoms with Gasteiger partial charge in [0.05, 0.1) is 0 Å². The number of piperidine rings is 1. The number of esters is 1. The van der Waals surface area contributed by atoms with E-state index >= 15 is 0 Å². The van der Waals surface area contributed by atoms with Gasteiger partial charge in [0.15, 0.2) is 12.4 Å². The van der Waals surface area contributed by atoms with Gasteiger partial charge in [0, 0.05) is 6.42 Å². The second kappa shape index (κ2) is 8.29. The van der Waals surface area contributed by atoms with Gasteiger partial charge in [-0.05, 0) is 56.9 Å². The van der Waals surface area contributed by atoms with Crippen LogP contribution in [-0.2, 0) is 14.3 Å². The van der Waals surface area contributed by atoms with E-state index in [0.29, 0.717) is 29.9 Å². The Balaban J connectivity index is 1.84. The first-order valence-electron chi connectivity index (χ1n) is 8.44. The van der Waals surface area contributed by atoms with E-state index < -0.39 is 6.10 Å². The summed E-state index contributed by atoms with van der Waals surface area (Å²) in [5.74, 6) is 7.12. The van der Waals surface area contributed by atoms with Gasteiger partial charge in [0.1, 0.15) is 11.9 Å². The fraction of sp³-hybridized carbons (Fsp3) is 0.812. The van der Waals surface area contributed by atoms with Crippen molar-refractivity contribution in [2.45, 2.75) is 57.6 Å². The predicted octanol–water partition coefficient (Wildman–Crippen LogP) is 0.523. The molecule has 1 heterocycles. The van der Waals surface area contributed by atoms with Crippen molar-refractivity contribution in [1.82, 2.24) is 5.32 Å². The van der Waals surface area contributed by atoms with E-state index in [0.717, 1.165) is 32.2 Å². The molecule has 5 N–H and O–H groups in total. The van der Waals surface area contributed by atoms with Crippen LogP contribution in [0.25, 0.3) is 0 Å². The zero-order valence-electron chi connectivity index (χ0n) is 13.7. The minimum absolute atomic E-state index is 0.298. The van der Waals surface area contributed by atoms with Gasteiger partial charge in [-0.1, -0.05) is 6.42 Å². The number of hydrazone groups is 1. The van der Waals surface area contributed by atoms with Gasteiger partial charge in [-0.2, -0.15) is 5.10 Å². The summed E-state index contributed by atoms with van der Waals surface area (Å²) < 4.78 is 5.12. The fourth-order valence-corrected chi connectivity index (χ4v) is 3.81. The number of nitrogens with one attached hydrogen (secondary N) is 1. The minimum Gasteiger partial charge on any atom is -0.454 e. The maximum absolute atomic E-state index is 12.1. The van der Waals surface area contributed by atoms with E-state index in [1.165, 1.54) is 12.8 Å². The molecule has 23 heavy (non-hydrogen) atoms. The molecule has 7 heteroatoms. The molecule has 5 atom stereocenters. The molecule has 2 rings (SSSR count). The average molecular weight is 324 g/mol. The van der Waals surface area contributed by atoms with Crippen molar-refractivity contribution in [1.29, 1.82) is 0 Å². The summed E-state index contributed by atoms with van der Waals surface area (Å²) >= 11 is 0.